The zero-order chi connectivity index (χ0) is 17.1. The van der Waals surface area contributed by atoms with E-state index < -0.39 is 0 Å². The first kappa shape index (κ1) is 16.7. The van der Waals surface area contributed by atoms with Crippen LogP contribution in [-0.2, 0) is 13.0 Å². The van der Waals surface area contributed by atoms with Crippen molar-refractivity contribution in [3.05, 3.63) is 47.1 Å². The number of aryl methyl sites for hydroxylation is 1. The number of hydrogen-bond acceptors (Lipinski definition) is 5. The highest BCUT2D eigenvalue weighted by molar-refractivity contribution is 5.34. The highest BCUT2D eigenvalue weighted by Crippen LogP contribution is 2.36. The van der Waals surface area contributed by atoms with E-state index in [1.165, 1.54) is 30.4 Å². The topological polar surface area (TPSA) is 62.4 Å². The lowest BCUT2D eigenvalue weighted by molar-refractivity contribution is 0.138. The molecule has 1 fully saturated rings. The first-order valence-corrected chi connectivity index (χ1v) is 9.60. The third kappa shape index (κ3) is 3.62. The fraction of sp³-hybridized carbons (Fsp3) is 0.600. The monoisotopic (exact) mass is 341 g/mol. The molecule has 5 heteroatoms. The Morgan fingerprint density at radius 2 is 1.96 bits per heavy atom. The van der Waals surface area contributed by atoms with Crippen LogP contribution in [0.25, 0.3) is 0 Å². The molecule has 5 nitrogen and oxygen atoms in total. The minimum absolute atomic E-state index is 0.145. The van der Waals surface area contributed by atoms with Gasteiger partial charge in [0.15, 0.2) is 5.82 Å². The fourth-order valence-electron chi connectivity index (χ4n) is 4.42. The van der Waals surface area contributed by atoms with Crippen molar-refractivity contribution in [3.8, 4) is 0 Å². The molecule has 2 aliphatic carbocycles. The minimum atomic E-state index is 0.145. The summed E-state index contributed by atoms with van der Waals surface area (Å²) in [6.07, 6.45) is 8.36. The third-order valence-corrected chi connectivity index (χ3v) is 5.71. The van der Waals surface area contributed by atoms with Crippen molar-refractivity contribution in [3.63, 3.8) is 0 Å². The number of benzene rings is 1. The largest absolute Gasteiger partial charge is 0.395 e. The van der Waals surface area contributed by atoms with Crippen LogP contribution >= 0.6 is 0 Å². The lowest BCUT2D eigenvalue weighted by Crippen LogP contribution is -2.30. The number of nitrogens with zero attached hydrogens (tertiary/aromatic N) is 3. The fourth-order valence-corrected chi connectivity index (χ4v) is 4.42. The molecule has 134 valence electrons. The molecule has 25 heavy (non-hydrogen) atoms. The molecule has 1 aromatic heterocycles. The molecule has 2 aromatic rings. The van der Waals surface area contributed by atoms with Gasteiger partial charge in [-0.05, 0) is 36.8 Å². The molecule has 2 aliphatic rings. The zero-order valence-electron chi connectivity index (χ0n) is 14.7. The van der Waals surface area contributed by atoms with E-state index in [0.29, 0.717) is 25.0 Å². The number of aliphatic hydroxyl groups is 1. The van der Waals surface area contributed by atoms with E-state index in [-0.39, 0.29) is 6.61 Å². The second kappa shape index (κ2) is 7.67. The predicted octanol–water partition coefficient (Wildman–Crippen LogP) is 3.60. The normalized spacial score (nSPS) is 21.0. The van der Waals surface area contributed by atoms with Crippen LogP contribution in [0, 0.1) is 0 Å². The molecular weight excluding hydrogens is 314 g/mol. The van der Waals surface area contributed by atoms with Gasteiger partial charge in [-0.25, -0.2) is 0 Å². The van der Waals surface area contributed by atoms with Crippen molar-refractivity contribution in [2.45, 2.75) is 63.5 Å². The van der Waals surface area contributed by atoms with Gasteiger partial charge in [-0.1, -0.05) is 48.7 Å². The van der Waals surface area contributed by atoms with Crippen LogP contribution in [0.2, 0.25) is 0 Å². The lowest BCUT2D eigenvalue weighted by Gasteiger charge is -2.27. The van der Waals surface area contributed by atoms with Gasteiger partial charge < -0.3 is 9.63 Å². The molecule has 0 aliphatic heterocycles. The van der Waals surface area contributed by atoms with Crippen molar-refractivity contribution >= 4 is 0 Å². The highest BCUT2D eigenvalue weighted by atomic mass is 16.5. The van der Waals surface area contributed by atoms with E-state index in [1.807, 2.05) is 0 Å². The average Bonchev–Trinajstić information content (AvgIpc) is 3.29. The minimum Gasteiger partial charge on any atom is -0.395 e. The number of rotatable bonds is 6. The first-order chi connectivity index (χ1) is 12.3. The molecule has 4 rings (SSSR count). The van der Waals surface area contributed by atoms with Crippen LogP contribution in [0.5, 0.6) is 0 Å². The van der Waals surface area contributed by atoms with Crippen molar-refractivity contribution < 1.29 is 9.63 Å². The van der Waals surface area contributed by atoms with Crippen LogP contribution in [-0.4, -0.2) is 33.3 Å². The summed E-state index contributed by atoms with van der Waals surface area (Å²) < 4.78 is 5.56. The Morgan fingerprint density at radius 1 is 1.12 bits per heavy atom. The van der Waals surface area contributed by atoms with Crippen LogP contribution in [0.3, 0.4) is 0 Å². The molecule has 1 aromatic carbocycles. The molecule has 0 radical (unpaired) electrons. The number of fused-ring (bicyclic) bond motifs is 1. The van der Waals surface area contributed by atoms with Gasteiger partial charge in [-0.3, -0.25) is 4.90 Å². The second-order valence-electron chi connectivity index (χ2n) is 7.33. The highest BCUT2D eigenvalue weighted by Gasteiger charge is 2.29. The molecule has 1 N–H and O–H groups in total. The summed E-state index contributed by atoms with van der Waals surface area (Å²) in [6.45, 7) is 1.41. The van der Waals surface area contributed by atoms with Gasteiger partial charge >= 0.3 is 0 Å². The Morgan fingerprint density at radius 3 is 2.80 bits per heavy atom. The summed E-state index contributed by atoms with van der Waals surface area (Å²) in [5, 5.41) is 13.8. The van der Waals surface area contributed by atoms with E-state index in [4.69, 9.17) is 4.52 Å². The maximum absolute atomic E-state index is 9.53. The third-order valence-electron chi connectivity index (χ3n) is 5.71. The molecular formula is C20H27N3O2. The summed E-state index contributed by atoms with van der Waals surface area (Å²) in [5.41, 5.74) is 2.80. The molecule has 1 unspecified atom stereocenters. The maximum Gasteiger partial charge on any atom is 0.229 e. The molecule has 1 heterocycles. The maximum atomic E-state index is 9.53. The van der Waals surface area contributed by atoms with E-state index in [2.05, 4.69) is 39.3 Å². The molecule has 1 saturated carbocycles. The molecule has 0 amide bonds. The second-order valence-corrected chi connectivity index (χ2v) is 7.33. The summed E-state index contributed by atoms with van der Waals surface area (Å²) in [7, 11) is 0. The van der Waals surface area contributed by atoms with Crippen LogP contribution in [0.15, 0.2) is 28.8 Å². The Hall–Kier alpha value is -1.72. The smallest absolute Gasteiger partial charge is 0.229 e. The Bertz CT molecular complexity index is 694. The molecule has 0 spiro atoms. The zero-order valence-corrected chi connectivity index (χ0v) is 14.7. The summed E-state index contributed by atoms with van der Waals surface area (Å²) in [5.74, 6) is 2.00. The summed E-state index contributed by atoms with van der Waals surface area (Å²) in [4.78, 5) is 6.98. The van der Waals surface area contributed by atoms with Crippen LogP contribution in [0.4, 0.5) is 0 Å². The van der Waals surface area contributed by atoms with Crippen molar-refractivity contribution in [2.75, 3.05) is 13.2 Å². The average molecular weight is 341 g/mol. The van der Waals surface area contributed by atoms with Crippen molar-refractivity contribution in [1.82, 2.24) is 15.0 Å². The molecule has 1 atom stereocenters. The van der Waals surface area contributed by atoms with Gasteiger partial charge in [0.1, 0.15) is 0 Å². The molecule has 0 bridgehead atoms. The number of hydrogen-bond donors (Lipinski definition) is 1. The quantitative estimate of drug-likeness (QED) is 0.870. The first-order valence-electron chi connectivity index (χ1n) is 9.60. The van der Waals surface area contributed by atoms with Crippen LogP contribution < -0.4 is 0 Å². The summed E-state index contributed by atoms with van der Waals surface area (Å²) in [6, 6.07) is 8.96. The van der Waals surface area contributed by atoms with Gasteiger partial charge in [0.25, 0.3) is 0 Å². The molecule has 0 saturated heterocycles. The lowest BCUT2D eigenvalue weighted by atomic mass is 9.89. The Kier molecular flexibility index (Phi) is 5.13. The predicted molar refractivity (Wildman–Crippen MR) is 95.1 cm³/mol. The SMILES string of the molecule is OCCN(Cc1noc(C2CCCCC2)n1)C1CCc2ccccc21. The van der Waals surface area contributed by atoms with Crippen molar-refractivity contribution in [2.24, 2.45) is 0 Å². The van der Waals surface area contributed by atoms with E-state index in [0.717, 1.165) is 37.4 Å². The van der Waals surface area contributed by atoms with E-state index >= 15 is 0 Å². The Labute approximate surface area is 149 Å². The van der Waals surface area contributed by atoms with Gasteiger partial charge in [-0.2, -0.15) is 4.98 Å². The summed E-state index contributed by atoms with van der Waals surface area (Å²) >= 11 is 0. The number of aliphatic hydroxyl groups excluding tert-OH is 1. The van der Waals surface area contributed by atoms with Gasteiger partial charge in [0, 0.05) is 18.5 Å². The van der Waals surface area contributed by atoms with Crippen molar-refractivity contribution in [1.29, 1.82) is 0 Å². The van der Waals surface area contributed by atoms with Gasteiger partial charge in [0.05, 0.1) is 13.2 Å². The van der Waals surface area contributed by atoms with Gasteiger partial charge in [-0.15, -0.1) is 0 Å². The van der Waals surface area contributed by atoms with E-state index in [1.54, 1.807) is 0 Å². The van der Waals surface area contributed by atoms with E-state index in [9.17, 15) is 5.11 Å². The van der Waals surface area contributed by atoms with Crippen LogP contribution in [0.1, 0.15) is 73.3 Å². The van der Waals surface area contributed by atoms with Gasteiger partial charge in [0.2, 0.25) is 5.89 Å². The standard InChI is InChI=1S/C20H27N3O2/c24-13-12-23(18-11-10-15-6-4-5-9-17(15)18)14-19-21-20(25-22-19)16-7-2-1-3-8-16/h4-6,9,16,18,24H,1-3,7-8,10-14H2. The number of aromatic nitrogens is 2. The Balaban J connectivity index is 1.48.